The first-order valence-electron chi connectivity index (χ1n) is 8.68. The molecule has 1 fully saturated rings. The first-order valence-corrected chi connectivity index (χ1v) is 10.5. The molecule has 1 N–H and O–H groups in total. The number of carbonyl (C=O) groups excluding carboxylic acids is 1. The summed E-state index contributed by atoms with van der Waals surface area (Å²) in [4.78, 5) is 14.3. The Morgan fingerprint density at radius 2 is 2.04 bits per heavy atom. The predicted octanol–water partition coefficient (Wildman–Crippen LogP) is 1.75. The van der Waals surface area contributed by atoms with Crippen LogP contribution in [0.2, 0.25) is 0 Å². The Morgan fingerprint density at radius 3 is 2.63 bits per heavy atom. The van der Waals surface area contributed by atoms with Crippen LogP contribution >= 0.6 is 0 Å². The highest BCUT2D eigenvalue weighted by atomic mass is 32.2. The molecule has 9 heteroatoms. The topological polar surface area (TPSA) is 101 Å². The van der Waals surface area contributed by atoms with Crippen LogP contribution in [-0.4, -0.2) is 55.7 Å². The van der Waals surface area contributed by atoms with Gasteiger partial charge in [-0.1, -0.05) is 12.1 Å². The number of hydrogen-bond donors (Lipinski definition) is 1. The van der Waals surface area contributed by atoms with Gasteiger partial charge < -0.3 is 15.0 Å². The Hall–Kier alpha value is -2.68. The molecule has 0 spiro atoms. The normalized spacial score (nSPS) is 18.1. The molecular formula is C18H22N4O4S. The minimum absolute atomic E-state index is 0.0941. The fourth-order valence-corrected chi connectivity index (χ4v) is 4.92. The quantitative estimate of drug-likeness (QED) is 0.802. The number of methoxy groups -OCH3 is 1. The Balaban J connectivity index is 1.72. The van der Waals surface area contributed by atoms with E-state index in [1.54, 1.807) is 36.4 Å². The second-order valence-corrected chi connectivity index (χ2v) is 8.50. The van der Waals surface area contributed by atoms with E-state index in [9.17, 15) is 13.2 Å². The van der Waals surface area contributed by atoms with Crippen molar-refractivity contribution in [3.63, 3.8) is 0 Å². The minimum atomic E-state index is -2.98. The molecule has 1 aromatic heterocycles. The maximum absolute atomic E-state index is 12.4. The molecule has 8 nitrogen and oxygen atoms in total. The summed E-state index contributed by atoms with van der Waals surface area (Å²) < 4.78 is 28.7. The number of para-hydroxylation sites is 1. The van der Waals surface area contributed by atoms with Crippen LogP contribution in [-0.2, 0) is 9.84 Å². The summed E-state index contributed by atoms with van der Waals surface area (Å²) in [5.74, 6) is 1.37. The summed E-state index contributed by atoms with van der Waals surface area (Å²) >= 11 is 0. The van der Waals surface area contributed by atoms with Gasteiger partial charge in [0.1, 0.15) is 5.75 Å². The summed E-state index contributed by atoms with van der Waals surface area (Å²) in [7, 11) is -1.48. The number of amides is 1. The zero-order valence-electron chi connectivity index (χ0n) is 15.3. The van der Waals surface area contributed by atoms with Crippen molar-refractivity contribution >= 4 is 27.4 Å². The van der Waals surface area contributed by atoms with E-state index in [0.29, 0.717) is 35.9 Å². The molecule has 1 saturated heterocycles. The van der Waals surface area contributed by atoms with Gasteiger partial charge in [0.05, 0.1) is 24.2 Å². The van der Waals surface area contributed by atoms with Crippen molar-refractivity contribution in [3.8, 4) is 5.75 Å². The lowest BCUT2D eigenvalue weighted by atomic mass is 10.2. The van der Waals surface area contributed by atoms with E-state index in [4.69, 9.17) is 4.74 Å². The van der Waals surface area contributed by atoms with Gasteiger partial charge in [-0.15, -0.1) is 10.2 Å². The lowest BCUT2D eigenvalue weighted by Gasteiger charge is -2.27. The second-order valence-electron chi connectivity index (χ2n) is 6.27. The maximum atomic E-state index is 12.4. The highest BCUT2D eigenvalue weighted by molar-refractivity contribution is 7.91. The third kappa shape index (κ3) is 4.36. The summed E-state index contributed by atoms with van der Waals surface area (Å²) in [6.45, 7) is 2.58. The van der Waals surface area contributed by atoms with Gasteiger partial charge in [0.25, 0.3) is 5.91 Å². The number of rotatable bonds is 6. The van der Waals surface area contributed by atoms with Gasteiger partial charge >= 0.3 is 0 Å². The van der Waals surface area contributed by atoms with Gasteiger partial charge in [0.2, 0.25) is 0 Å². The Morgan fingerprint density at radius 1 is 1.26 bits per heavy atom. The number of nitrogens with zero attached hydrogens (tertiary/aromatic N) is 3. The van der Waals surface area contributed by atoms with Crippen LogP contribution in [0.5, 0.6) is 5.75 Å². The van der Waals surface area contributed by atoms with Crippen LogP contribution < -0.4 is 15.0 Å². The molecule has 1 aliphatic heterocycles. The third-order valence-corrected chi connectivity index (χ3v) is 6.28. The van der Waals surface area contributed by atoms with Crippen LogP contribution in [0, 0.1) is 0 Å². The van der Waals surface area contributed by atoms with Crippen molar-refractivity contribution in [2.75, 3.05) is 35.4 Å². The molecule has 0 radical (unpaired) electrons. The van der Waals surface area contributed by atoms with Crippen molar-refractivity contribution in [1.29, 1.82) is 0 Å². The number of nitrogens with one attached hydrogen (secondary N) is 1. The molecule has 1 amide bonds. The number of aromatic nitrogens is 2. The van der Waals surface area contributed by atoms with E-state index in [1.165, 1.54) is 7.11 Å². The van der Waals surface area contributed by atoms with E-state index in [-0.39, 0.29) is 23.5 Å². The molecule has 0 saturated carbocycles. The van der Waals surface area contributed by atoms with Gasteiger partial charge in [0, 0.05) is 12.6 Å². The van der Waals surface area contributed by atoms with E-state index < -0.39 is 9.84 Å². The summed E-state index contributed by atoms with van der Waals surface area (Å²) in [6.07, 6.45) is 0.587. The molecule has 2 aromatic rings. The first kappa shape index (κ1) is 19.1. The zero-order valence-corrected chi connectivity index (χ0v) is 16.1. The zero-order chi connectivity index (χ0) is 19.4. The first-order chi connectivity index (χ1) is 12.9. The number of anilines is 2. The summed E-state index contributed by atoms with van der Waals surface area (Å²) in [6, 6.07) is 10.2. The average Bonchev–Trinajstić information content (AvgIpc) is 3.03. The third-order valence-electron chi connectivity index (χ3n) is 4.53. The lowest BCUT2D eigenvalue weighted by Crippen LogP contribution is -2.36. The predicted molar refractivity (Wildman–Crippen MR) is 103 cm³/mol. The van der Waals surface area contributed by atoms with E-state index in [0.717, 1.165) is 0 Å². The molecule has 3 rings (SSSR count). The Bertz CT molecular complexity index is 915. The number of ether oxygens (including phenoxy) is 1. The van der Waals surface area contributed by atoms with Gasteiger partial charge in [-0.05, 0) is 37.6 Å². The highest BCUT2D eigenvalue weighted by Gasteiger charge is 2.32. The van der Waals surface area contributed by atoms with Crippen LogP contribution in [0.1, 0.15) is 23.7 Å². The van der Waals surface area contributed by atoms with Crippen molar-refractivity contribution in [2.24, 2.45) is 0 Å². The molecule has 0 bridgehead atoms. The van der Waals surface area contributed by atoms with Crippen molar-refractivity contribution in [1.82, 2.24) is 10.2 Å². The lowest BCUT2D eigenvalue weighted by molar-refractivity contribution is 0.102. The maximum Gasteiger partial charge on any atom is 0.260 e. The standard InChI is InChI=1S/C18H22N4O4S/c1-3-22(13-10-11-27(24,25)12-13)17-9-8-16(20-21-17)19-18(23)14-6-4-5-7-15(14)26-2/h4-9,13H,3,10-12H2,1-2H3,(H,19,20,23). The number of benzene rings is 1. The molecule has 0 aliphatic carbocycles. The average molecular weight is 390 g/mol. The smallest absolute Gasteiger partial charge is 0.260 e. The fourth-order valence-electron chi connectivity index (χ4n) is 3.19. The largest absolute Gasteiger partial charge is 0.496 e. The second kappa shape index (κ2) is 7.91. The molecule has 1 unspecified atom stereocenters. The molecule has 27 heavy (non-hydrogen) atoms. The Labute approximate surface area is 158 Å². The molecule has 1 aromatic carbocycles. The number of carbonyl (C=O) groups is 1. The summed E-state index contributed by atoms with van der Waals surface area (Å²) in [5, 5.41) is 10.9. The minimum Gasteiger partial charge on any atom is -0.496 e. The van der Waals surface area contributed by atoms with Crippen LogP contribution in [0.4, 0.5) is 11.6 Å². The monoisotopic (exact) mass is 390 g/mol. The highest BCUT2D eigenvalue weighted by Crippen LogP contribution is 2.23. The van der Waals surface area contributed by atoms with Gasteiger partial charge in [-0.3, -0.25) is 4.79 Å². The van der Waals surface area contributed by atoms with Crippen LogP contribution in [0.15, 0.2) is 36.4 Å². The molecule has 1 aliphatic rings. The van der Waals surface area contributed by atoms with Crippen molar-refractivity contribution in [2.45, 2.75) is 19.4 Å². The van der Waals surface area contributed by atoms with E-state index >= 15 is 0 Å². The van der Waals surface area contributed by atoms with Crippen LogP contribution in [0.3, 0.4) is 0 Å². The van der Waals surface area contributed by atoms with Gasteiger partial charge in [-0.2, -0.15) is 0 Å². The molecule has 2 heterocycles. The fraction of sp³-hybridized carbons (Fsp3) is 0.389. The van der Waals surface area contributed by atoms with E-state index in [1.807, 2.05) is 11.8 Å². The Kier molecular flexibility index (Phi) is 5.59. The van der Waals surface area contributed by atoms with E-state index in [2.05, 4.69) is 15.5 Å². The van der Waals surface area contributed by atoms with Crippen LogP contribution in [0.25, 0.3) is 0 Å². The summed E-state index contributed by atoms with van der Waals surface area (Å²) in [5.41, 5.74) is 0.400. The van der Waals surface area contributed by atoms with Gasteiger partial charge in [-0.25, -0.2) is 8.42 Å². The number of hydrogen-bond acceptors (Lipinski definition) is 7. The SMILES string of the molecule is CCN(c1ccc(NC(=O)c2ccccc2OC)nn1)C1CCS(=O)(=O)C1. The van der Waals surface area contributed by atoms with Crippen molar-refractivity contribution < 1.29 is 17.9 Å². The molecule has 1 atom stereocenters. The molecule has 144 valence electrons. The number of sulfone groups is 1. The van der Waals surface area contributed by atoms with Gasteiger partial charge in [0.15, 0.2) is 21.5 Å². The van der Waals surface area contributed by atoms with Crippen molar-refractivity contribution in [3.05, 3.63) is 42.0 Å². The molecular weight excluding hydrogens is 368 g/mol.